The first-order chi connectivity index (χ1) is 66.5. The molecule has 4 aromatic rings. The maximum absolute atomic E-state index is 13.6. The van der Waals surface area contributed by atoms with Crippen LogP contribution >= 0.6 is 0 Å². The van der Waals surface area contributed by atoms with Gasteiger partial charge in [-0.3, -0.25) is 27.3 Å². The fraction of sp³-hybridized carbons (Fsp3) is 0.735. The summed E-state index contributed by atoms with van der Waals surface area (Å²) in [4.78, 5) is 38.3. The van der Waals surface area contributed by atoms with Crippen molar-refractivity contribution in [2.45, 2.75) is 401 Å². The van der Waals surface area contributed by atoms with Gasteiger partial charge in [-0.25, -0.2) is 22.8 Å². The van der Waals surface area contributed by atoms with Crippen molar-refractivity contribution in [3.05, 3.63) is 116 Å². The largest absolute Gasteiger partial charge is 0.465 e. The Bertz CT molecular complexity index is 5900. The van der Waals surface area contributed by atoms with Gasteiger partial charge < -0.3 is 14.2 Å². The van der Waals surface area contributed by atoms with Crippen LogP contribution in [0.4, 0.5) is 35.1 Å². The highest BCUT2D eigenvalue weighted by Gasteiger charge is 2.83. The summed E-state index contributed by atoms with van der Waals surface area (Å²) in [5.74, 6) is -2.93. The molecule has 6 N–H and O–H groups in total. The van der Waals surface area contributed by atoms with Gasteiger partial charge in [0.1, 0.15) is 25.9 Å². The summed E-state index contributed by atoms with van der Waals surface area (Å²) < 4.78 is 339. The molecule has 16 aliphatic rings. The minimum Gasteiger partial charge on any atom is -0.460 e. The van der Waals surface area contributed by atoms with Crippen LogP contribution in [-0.2, 0) is 89.7 Å². The average Bonchev–Trinajstić information content (AvgIpc) is 0.740. The minimum atomic E-state index is -6.98. The van der Waals surface area contributed by atoms with Crippen molar-refractivity contribution in [1.29, 1.82) is 0 Å². The molecule has 0 radical (unpaired) electrons. The van der Waals surface area contributed by atoms with E-state index in [1.165, 1.54) is 95.1 Å². The molecule has 16 fully saturated rings. The second-order valence-electron chi connectivity index (χ2n) is 45.5. The van der Waals surface area contributed by atoms with E-state index < -0.39 is 140 Å². The summed E-state index contributed by atoms with van der Waals surface area (Å²) >= 11 is 0. The lowest BCUT2D eigenvalue weighted by Gasteiger charge is -2.59. The highest BCUT2D eigenvalue weighted by Crippen LogP contribution is 2.64. The molecule has 12 bridgehead atoms. The molecule has 0 amide bonds. The van der Waals surface area contributed by atoms with Gasteiger partial charge in [0.2, 0.25) is 0 Å². The van der Waals surface area contributed by atoms with Crippen molar-refractivity contribution in [1.82, 2.24) is 4.31 Å². The number of hydrogen-bond acceptors (Lipinski definition) is 20. The lowest BCUT2D eigenvalue weighted by atomic mass is 9.50. The molecule has 0 spiro atoms. The van der Waals surface area contributed by atoms with E-state index in [1.54, 1.807) is 12.1 Å². The van der Waals surface area contributed by atoms with Crippen LogP contribution in [0.15, 0.2) is 80.2 Å². The molecule has 0 atom stereocenters. The molecule has 15 aliphatic carbocycles. The zero-order chi connectivity index (χ0) is 107. The second-order valence-corrected chi connectivity index (χ2v) is 55.9. The molecule has 0 unspecified atom stereocenters. The number of sulfonamides is 1. The number of carbonyl (C=O) groups excluding carboxylic acids is 3. The average molecular weight is 2180 g/mol. The van der Waals surface area contributed by atoms with Crippen molar-refractivity contribution in [3.63, 3.8) is 0 Å². The van der Waals surface area contributed by atoms with Crippen molar-refractivity contribution in [2.24, 2.45) is 70.5 Å². The fourth-order valence-corrected chi connectivity index (χ4v) is 33.1. The topological polar surface area (TPSA) is 442 Å². The molecule has 1 aliphatic heterocycles. The summed E-state index contributed by atoms with van der Waals surface area (Å²) in [6.07, 6.45) is 35.3. The van der Waals surface area contributed by atoms with Gasteiger partial charge in [-0.2, -0.15) is 89.9 Å². The number of nitrogens with zero attached hydrogens (tertiary/aromatic N) is 1. The van der Waals surface area contributed by atoms with Gasteiger partial charge in [0.05, 0.1) is 22.6 Å². The molecule has 144 heavy (non-hydrogen) atoms. The van der Waals surface area contributed by atoms with Crippen LogP contribution in [0.3, 0.4) is 0 Å². The normalized spacial score (nSPS) is 28.1. The third-order valence-corrected chi connectivity index (χ3v) is 41.1. The van der Waals surface area contributed by atoms with Crippen LogP contribution in [0.5, 0.6) is 0 Å². The van der Waals surface area contributed by atoms with Crippen LogP contribution in [0.2, 0.25) is 0 Å². The van der Waals surface area contributed by atoms with E-state index >= 15 is 0 Å². The standard InChI is InChI=1S/C30H38O7S.C24H36O3S.C15H24O3S.C13H18F2O5S.C12H18O3S.C8H11F6NO5S2/c1-29(22-5-16-3-17(7-22)8-23(29)6-16)36-27(31)20-13-21(15-26(14-20)38(33,34)35)28(32)37-30(2)24-9-18-4-19(11-24)12-25(30)10-18;25-28(26,27)24-22(19-12-6-2-7-13-19)16-21(18-10-4-1-5-11-18)17-23(24)20-14-8-3-9-15-20;1-9(2)12-7-13(10(3)4)15(19(16,17)18)14(8-12)11(5)6;14-13(15,21(17,18)19)11(16)20-7-12-4-8-1-9(5-12)3-10(2-8)6-12;1-8(2)10-6-5-7-11(9(3)4)12(10)16(13,14)15;9-6(10,8(13,14)22(18,19)20)7(11,12)21(16,17)15-4-2-1-3-5-15/h13-19,22-25H,3-12H2,1-2H3,(H,33,34,35);16-20H,1-15H2,(H,25,26,27);7-11H,1-6H3,(H,16,17,18);8-10H,1-7H2,(H,17,18,19);5-9H,1-4H3,(H,13,14,15);1-5H2,(H,18,19,20). The number of rotatable bonds is 25. The van der Waals surface area contributed by atoms with Gasteiger partial charge in [-0.1, -0.05) is 176 Å². The first-order valence-electron chi connectivity index (χ1n) is 51.1. The Morgan fingerprint density at radius 1 is 0.382 bits per heavy atom. The highest BCUT2D eigenvalue weighted by atomic mass is 32.2. The van der Waals surface area contributed by atoms with E-state index in [9.17, 15) is 127 Å². The van der Waals surface area contributed by atoms with Crippen LogP contribution in [0.25, 0.3) is 0 Å². The smallest absolute Gasteiger partial charge is 0.460 e. The van der Waals surface area contributed by atoms with Gasteiger partial charge >= 0.3 is 59.8 Å². The summed E-state index contributed by atoms with van der Waals surface area (Å²) in [7, 11) is -36.3. The lowest BCUT2D eigenvalue weighted by Crippen LogP contribution is -2.63. The quantitative estimate of drug-likeness (QED) is 0.0155. The van der Waals surface area contributed by atoms with E-state index in [0.717, 1.165) is 144 Å². The molecule has 27 nitrogen and oxygen atoms in total. The number of alkyl halides is 8. The Kier molecular flexibility index (Phi) is 36.0. The Morgan fingerprint density at radius 3 is 1.02 bits per heavy atom. The highest BCUT2D eigenvalue weighted by molar-refractivity contribution is 7.90. The molecule has 42 heteroatoms. The molecule has 4 aromatic carbocycles. The van der Waals surface area contributed by atoms with E-state index in [0.29, 0.717) is 111 Å². The lowest BCUT2D eigenvalue weighted by molar-refractivity contribution is -0.246. The fourth-order valence-electron chi connectivity index (χ4n) is 26.8. The van der Waals surface area contributed by atoms with E-state index in [-0.39, 0.29) is 85.6 Å². The SMILES string of the molecule is CC(C)c1cc(C(C)C)c(S(=O)(=O)O)c(C(C)C)c1.CC(C)c1cccc(C(C)C)c1S(=O)(=O)O.CC1(OC(=O)c2cc(C(=O)OC3(C)C4CC5CC(C4)CC3C5)cc(S(=O)(=O)O)c2)C2CC3CC(C2)CC1C3.O=C(OCC12CC3CC(CC(C3)C1)C2)C(F)(F)S(=O)(=O)O.O=S(=O)(O)C(F)(F)C(F)(F)C(F)(F)S(=O)(=O)N1CCCCC1.O=S(=O)(O)c1c(C2CCCCC2)cc(C2CCCCC2)cc1C1CCCCC1. The van der Waals surface area contributed by atoms with Crippen molar-refractivity contribution < 1.29 is 150 Å². The second kappa shape index (κ2) is 44.4. The van der Waals surface area contributed by atoms with Gasteiger partial charge in [0.15, 0.2) is 0 Å². The summed E-state index contributed by atoms with van der Waals surface area (Å²) in [6, 6.07) is 17.1. The molecule has 0 aromatic heterocycles. The van der Waals surface area contributed by atoms with Crippen LogP contribution in [0, 0.1) is 70.5 Å². The van der Waals surface area contributed by atoms with Crippen LogP contribution in [-0.4, -0.2) is 161 Å². The van der Waals surface area contributed by atoms with E-state index in [2.05, 4.69) is 30.7 Å². The van der Waals surface area contributed by atoms with Crippen LogP contribution < -0.4 is 0 Å². The Hall–Kier alpha value is -5.90. The molecule has 812 valence electrons. The molecular formula is C102H145F8NO26S7. The molecule has 20 rings (SSSR count). The zero-order valence-electron chi connectivity index (χ0n) is 84.1. The number of benzene rings is 4. The number of piperidine rings is 1. The Morgan fingerprint density at radius 2 is 0.708 bits per heavy atom. The van der Waals surface area contributed by atoms with Crippen LogP contribution in [0.1, 0.15) is 414 Å². The summed E-state index contributed by atoms with van der Waals surface area (Å²) in [5, 5.41) is -18.0. The number of halogens is 8. The number of esters is 3. The third-order valence-electron chi connectivity index (χ3n) is 33.6. The van der Waals surface area contributed by atoms with Crippen molar-refractivity contribution >= 4 is 88.6 Å². The number of hydrogen-bond donors (Lipinski definition) is 6. The third kappa shape index (κ3) is 25.5. The summed E-state index contributed by atoms with van der Waals surface area (Å²) in [5.41, 5.74) is 5.55. The van der Waals surface area contributed by atoms with Crippen molar-refractivity contribution in [2.75, 3.05) is 19.7 Å². The summed E-state index contributed by atoms with van der Waals surface area (Å²) in [6.45, 7) is 22.3. The van der Waals surface area contributed by atoms with E-state index in [1.807, 2.05) is 87.4 Å². The molecular weight excluding hydrogens is 2030 g/mol. The maximum atomic E-state index is 13.6. The Labute approximate surface area is 844 Å². The van der Waals surface area contributed by atoms with Gasteiger partial charge in [0, 0.05) is 18.5 Å². The monoisotopic (exact) mass is 2180 g/mol. The predicted molar refractivity (Wildman–Crippen MR) is 523 cm³/mol. The number of carbonyl (C=O) groups is 3. The van der Waals surface area contributed by atoms with Gasteiger partial charge in [-0.05, 0) is 343 Å². The van der Waals surface area contributed by atoms with E-state index in [4.69, 9.17) is 18.6 Å². The Balaban J connectivity index is 0.000000158. The van der Waals surface area contributed by atoms with Gasteiger partial charge in [-0.15, -0.1) is 0 Å². The van der Waals surface area contributed by atoms with Gasteiger partial charge in [0.25, 0.3) is 50.5 Å². The maximum Gasteiger partial charge on any atom is 0.465 e. The molecule has 15 saturated carbocycles. The molecule has 1 saturated heterocycles. The first kappa shape index (κ1) is 117. The number of ether oxygens (including phenoxy) is 3. The van der Waals surface area contributed by atoms with Crippen molar-refractivity contribution in [3.8, 4) is 0 Å². The minimum absolute atomic E-state index is 0.0441. The molecule has 1 heterocycles. The predicted octanol–water partition coefficient (Wildman–Crippen LogP) is 24.0. The first-order valence-corrected chi connectivity index (χ1v) is 61.2. The zero-order valence-corrected chi connectivity index (χ0v) is 89.8.